The van der Waals surface area contributed by atoms with Crippen LogP contribution in [0.25, 0.3) is 0 Å². The molecule has 0 fully saturated rings. The summed E-state index contributed by atoms with van der Waals surface area (Å²) >= 11 is 3.07. The highest BCUT2D eigenvalue weighted by Gasteiger charge is 2.20. The van der Waals surface area contributed by atoms with Gasteiger partial charge in [0, 0.05) is 30.8 Å². The van der Waals surface area contributed by atoms with Gasteiger partial charge in [-0.25, -0.2) is 14.8 Å². The molecule has 2 rings (SSSR count). The van der Waals surface area contributed by atoms with Crippen molar-refractivity contribution in [3.05, 3.63) is 31.7 Å². The fourth-order valence-electron chi connectivity index (χ4n) is 2.56. The lowest BCUT2D eigenvalue weighted by atomic mass is 10.2. The molecule has 30 heavy (non-hydrogen) atoms. The Kier molecular flexibility index (Phi) is 11.8. The van der Waals surface area contributed by atoms with Crippen LogP contribution in [-0.2, 0) is 11.2 Å². The van der Waals surface area contributed by atoms with Crippen molar-refractivity contribution in [2.24, 2.45) is 4.99 Å². The summed E-state index contributed by atoms with van der Waals surface area (Å²) < 4.78 is 5.10. The quantitative estimate of drug-likeness (QED) is 0.199. The average molecular weight is 566 g/mol. The maximum Gasteiger partial charge on any atom is 0.350 e. The molecule has 0 radical (unpaired) electrons. The molecule has 0 aromatic carbocycles. The number of halogens is 1. The lowest BCUT2D eigenvalue weighted by Gasteiger charge is -2.15. The smallest absolute Gasteiger partial charge is 0.350 e. The lowest BCUT2D eigenvalue weighted by molar-refractivity contribution is 0.0531. The number of thiazole rings is 2. The van der Waals surface area contributed by atoms with Crippen molar-refractivity contribution < 1.29 is 9.53 Å². The molecule has 1 atom stereocenters. The van der Waals surface area contributed by atoms with Crippen molar-refractivity contribution in [1.82, 2.24) is 20.6 Å². The molecule has 0 aliphatic carbocycles. The number of carbonyl (C=O) groups excluding carboxylic acids is 1. The molecular weight excluding hydrogens is 533 g/mol. The zero-order valence-corrected chi connectivity index (χ0v) is 22.4. The van der Waals surface area contributed by atoms with Crippen molar-refractivity contribution >= 4 is 58.6 Å². The van der Waals surface area contributed by atoms with E-state index >= 15 is 0 Å². The Morgan fingerprint density at radius 3 is 2.57 bits per heavy atom. The maximum absolute atomic E-state index is 12.0. The zero-order valence-electron chi connectivity index (χ0n) is 18.4. The second-order valence-corrected chi connectivity index (χ2v) is 8.82. The summed E-state index contributed by atoms with van der Waals surface area (Å²) in [5, 5.41) is 10.7. The highest BCUT2D eigenvalue weighted by molar-refractivity contribution is 14.0. The van der Waals surface area contributed by atoms with E-state index < -0.39 is 0 Å². The number of guanidine groups is 1. The van der Waals surface area contributed by atoms with E-state index in [4.69, 9.17) is 4.74 Å². The molecule has 10 heteroatoms. The van der Waals surface area contributed by atoms with Gasteiger partial charge >= 0.3 is 5.97 Å². The fraction of sp³-hybridized carbons (Fsp3) is 0.600. The monoisotopic (exact) mass is 565 g/mol. The van der Waals surface area contributed by atoms with Crippen LogP contribution < -0.4 is 10.6 Å². The third kappa shape index (κ3) is 7.77. The fourth-order valence-corrected chi connectivity index (χ4v) is 4.39. The van der Waals surface area contributed by atoms with Crippen LogP contribution >= 0.6 is 46.7 Å². The van der Waals surface area contributed by atoms with Gasteiger partial charge in [0.25, 0.3) is 0 Å². The number of rotatable bonds is 9. The number of nitrogens with one attached hydrogen (secondary N) is 2. The van der Waals surface area contributed by atoms with Crippen LogP contribution in [0.15, 0.2) is 10.4 Å². The lowest BCUT2D eigenvalue weighted by Crippen LogP contribution is -2.38. The van der Waals surface area contributed by atoms with E-state index in [0.29, 0.717) is 29.6 Å². The van der Waals surface area contributed by atoms with E-state index in [1.165, 1.54) is 16.3 Å². The molecule has 2 heterocycles. The van der Waals surface area contributed by atoms with Crippen LogP contribution in [0.2, 0.25) is 0 Å². The first-order chi connectivity index (χ1) is 13.8. The minimum atomic E-state index is -0.314. The van der Waals surface area contributed by atoms with Gasteiger partial charge in [0.05, 0.1) is 29.0 Å². The second kappa shape index (κ2) is 13.2. The third-order valence-corrected chi connectivity index (χ3v) is 6.56. The molecule has 0 saturated carbocycles. The first-order valence-electron chi connectivity index (χ1n) is 9.99. The first kappa shape index (κ1) is 26.8. The molecule has 0 aliphatic heterocycles. The molecular formula is C20H32IN5O2S2. The van der Waals surface area contributed by atoms with E-state index in [-0.39, 0.29) is 36.0 Å². The molecule has 2 aromatic rings. The molecule has 0 saturated heterocycles. The minimum absolute atomic E-state index is 0. The number of esters is 1. The first-order valence-corrected chi connectivity index (χ1v) is 11.7. The Morgan fingerprint density at radius 1 is 1.23 bits per heavy atom. The van der Waals surface area contributed by atoms with Gasteiger partial charge in [-0.2, -0.15) is 0 Å². The summed E-state index contributed by atoms with van der Waals surface area (Å²) in [6.07, 6.45) is 0.803. The van der Waals surface area contributed by atoms with Gasteiger partial charge in [0.1, 0.15) is 9.88 Å². The van der Waals surface area contributed by atoms with Crippen molar-refractivity contribution in [2.75, 3.05) is 19.7 Å². The highest BCUT2D eigenvalue weighted by atomic mass is 127. The number of hydrogen-bond donors (Lipinski definition) is 2. The Bertz CT molecular complexity index is 835. The Hall–Kier alpha value is -1.27. The summed E-state index contributed by atoms with van der Waals surface area (Å²) in [7, 11) is 0. The summed E-state index contributed by atoms with van der Waals surface area (Å²) in [4.78, 5) is 26.5. The van der Waals surface area contributed by atoms with E-state index in [1.807, 2.05) is 20.8 Å². The van der Waals surface area contributed by atoms with E-state index in [1.54, 1.807) is 18.3 Å². The van der Waals surface area contributed by atoms with Crippen molar-refractivity contribution in [3.8, 4) is 0 Å². The number of aliphatic imine (C=N–C) groups is 1. The summed E-state index contributed by atoms with van der Waals surface area (Å²) in [6.45, 7) is 13.7. The van der Waals surface area contributed by atoms with Gasteiger partial charge in [0.2, 0.25) is 0 Å². The summed E-state index contributed by atoms with van der Waals surface area (Å²) in [6, 6.07) is -0.0773. The Morgan fingerprint density at radius 2 is 1.97 bits per heavy atom. The van der Waals surface area contributed by atoms with Gasteiger partial charge in [-0.05, 0) is 27.7 Å². The van der Waals surface area contributed by atoms with Crippen LogP contribution in [0.3, 0.4) is 0 Å². The topological polar surface area (TPSA) is 88.5 Å². The molecule has 0 bridgehead atoms. The largest absolute Gasteiger partial charge is 0.462 e. The molecule has 0 amide bonds. The molecule has 2 N–H and O–H groups in total. The predicted molar refractivity (Wildman–Crippen MR) is 136 cm³/mol. The molecule has 168 valence electrons. The SMILES string of the molecule is CCNC(=NCCc1csc(C(C)C)n1)NC(C)c1nc(C)c(C(=O)OCC)s1.I. The third-order valence-electron chi connectivity index (χ3n) is 4.04. The van der Waals surface area contributed by atoms with Crippen LogP contribution in [0.1, 0.15) is 77.7 Å². The molecule has 7 nitrogen and oxygen atoms in total. The van der Waals surface area contributed by atoms with Gasteiger partial charge in [0.15, 0.2) is 5.96 Å². The number of nitrogens with zero attached hydrogens (tertiary/aromatic N) is 3. The minimum Gasteiger partial charge on any atom is -0.462 e. The molecule has 1 unspecified atom stereocenters. The second-order valence-electron chi connectivity index (χ2n) is 6.90. The van der Waals surface area contributed by atoms with Gasteiger partial charge in [-0.15, -0.1) is 46.7 Å². The van der Waals surface area contributed by atoms with Crippen molar-refractivity contribution in [3.63, 3.8) is 0 Å². The summed E-state index contributed by atoms with van der Waals surface area (Å²) in [5.74, 6) is 0.869. The Labute approximate surface area is 204 Å². The normalized spacial score (nSPS) is 12.4. The highest BCUT2D eigenvalue weighted by Crippen LogP contribution is 2.24. The number of aromatic nitrogens is 2. The number of aryl methyl sites for hydroxylation is 1. The number of carbonyl (C=O) groups is 1. The van der Waals surface area contributed by atoms with E-state index in [9.17, 15) is 4.79 Å². The van der Waals surface area contributed by atoms with Gasteiger partial charge < -0.3 is 15.4 Å². The van der Waals surface area contributed by atoms with Crippen LogP contribution in [0.4, 0.5) is 0 Å². The maximum atomic E-state index is 12.0. The molecule has 0 spiro atoms. The van der Waals surface area contributed by atoms with Crippen LogP contribution in [-0.4, -0.2) is 41.6 Å². The van der Waals surface area contributed by atoms with Gasteiger partial charge in [-0.1, -0.05) is 13.8 Å². The van der Waals surface area contributed by atoms with E-state index in [0.717, 1.165) is 29.6 Å². The number of hydrogen-bond acceptors (Lipinski definition) is 7. The number of ether oxygens (including phenoxy) is 1. The van der Waals surface area contributed by atoms with Crippen molar-refractivity contribution in [2.45, 2.75) is 59.9 Å². The molecule has 0 aliphatic rings. The Balaban J connectivity index is 0.00000450. The van der Waals surface area contributed by atoms with Gasteiger partial charge in [-0.3, -0.25) is 4.99 Å². The standard InChI is InChI=1S/C20H31N5O2S2.HI/c1-7-21-20(22-10-9-15-11-28-17(25-15)12(3)4)24-14(6)18-23-13(5)16(29-18)19(26)27-8-2;/h11-12,14H,7-10H2,1-6H3,(H2,21,22,24);1H. The van der Waals surface area contributed by atoms with Crippen LogP contribution in [0.5, 0.6) is 0 Å². The average Bonchev–Trinajstić information content (AvgIpc) is 3.29. The predicted octanol–water partition coefficient (Wildman–Crippen LogP) is 4.68. The van der Waals surface area contributed by atoms with Crippen molar-refractivity contribution in [1.29, 1.82) is 0 Å². The zero-order chi connectivity index (χ0) is 21.4. The van der Waals surface area contributed by atoms with E-state index in [2.05, 4.69) is 44.8 Å². The molecule has 2 aromatic heterocycles. The summed E-state index contributed by atoms with van der Waals surface area (Å²) in [5.41, 5.74) is 1.78. The van der Waals surface area contributed by atoms with Crippen LogP contribution in [0, 0.1) is 6.92 Å².